The molecule has 1 aromatic carbocycles. The number of halogens is 1. The lowest BCUT2D eigenvalue weighted by atomic mass is 9.85. The lowest BCUT2D eigenvalue weighted by Crippen LogP contribution is -2.54. The lowest BCUT2D eigenvalue weighted by molar-refractivity contribution is 0.0291. The van der Waals surface area contributed by atoms with Crippen molar-refractivity contribution in [2.45, 2.75) is 73.4 Å². The van der Waals surface area contributed by atoms with E-state index < -0.39 is 0 Å². The SMILES string of the molecule is C=C(C)C(=C)C(N(CCC)CCC)N1CCC(C)C(/C=C\CC)C1.C=C(C)C(=C)c1c[nH]c2cccc(F)c12. The summed E-state index contributed by atoms with van der Waals surface area (Å²) in [5.74, 6) is 1.20. The molecule has 2 heterocycles. The molecule has 1 aromatic heterocycles. The minimum Gasteiger partial charge on any atom is -0.360 e. The Morgan fingerprint density at radius 2 is 1.77 bits per heavy atom. The summed E-state index contributed by atoms with van der Waals surface area (Å²) in [5.41, 5.74) is 5.51. The molecule has 1 saturated heterocycles. The first kappa shape index (κ1) is 32.5. The Hall–Kier alpha value is -2.69. The molecule has 3 atom stereocenters. The summed E-state index contributed by atoms with van der Waals surface area (Å²) in [4.78, 5) is 8.30. The molecule has 0 saturated carbocycles. The van der Waals surface area contributed by atoms with Crippen molar-refractivity contribution in [3.05, 3.63) is 91.0 Å². The third-order valence-electron chi connectivity index (χ3n) is 7.74. The third-order valence-corrected chi connectivity index (χ3v) is 7.74. The third kappa shape index (κ3) is 8.65. The van der Waals surface area contributed by atoms with Gasteiger partial charge in [0.2, 0.25) is 0 Å². The molecular weight excluding hydrogens is 481 g/mol. The second-order valence-electron chi connectivity index (χ2n) is 11.1. The van der Waals surface area contributed by atoms with Crippen molar-refractivity contribution >= 4 is 16.5 Å². The highest BCUT2D eigenvalue weighted by molar-refractivity contribution is 5.96. The number of fused-ring (bicyclic) bond motifs is 1. The molecule has 3 nitrogen and oxygen atoms in total. The number of nitrogens with one attached hydrogen (secondary N) is 1. The van der Waals surface area contributed by atoms with Crippen molar-refractivity contribution in [3.63, 3.8) is 0 Å². The van der Waals surface area contributed by atoms with Crippen LogP contribution in [0.1, 0.15) is 72.8 Å². The summed E-state index contributed by atoms with van der Waals surface area (Å²) in [7, 11) is 0. The van der Waals surface area contributed by atoms with Gasteiger partial charge in [-0.25, -0.2) is 4.39 Å². The number of aromatic nitrogens is 1. The maximum atomic E-state index is 13.6. The van der Waals surface area contributed by atoms with Gasteiger partial charge >= 0.3 is 0 Å². The molecule has 0 spiro atoms. The van der Waals surface area contributed by atoms with E-state index in [1.54, 1.807) is 12.3 Å². The van der Waals surface area contributed by atoms with Crippen LogP contribution in [0.15, 0.2) is 79.6 Å². The smallest absolute Gasteiger partial charge is 0.133 e. The zero-order chi connectivity index (χ0) is 29.1. The fourth-order valence-electron chi connectivity index (χ4n) is 5.34. The van der Waals surface area contributed by atoms with Crippen LogP contribution in [-0.4, -0.2) is 47.1 Å². The van der Waals surface area contributed by atoms with Crippen LogP contribution in [0, 0.1) is 17.7 Å². The first-order valence-electron chi connectivity index (χ1n) is 14.7. The van der Waals surface area contributed by atoms with E-state index in [2.05, 4.69) is 87.9 Å². The summed E-state index contributed by atoms with van der Waals surface area (Å²) >= 11 is 0. The Balaban J connectivity index is 0.000000302. The standard InChI is InChI=1S/C22H40N2.C13H12FN/c1-8-11-12-21-17-24(16-13-19(21)6)22(20(7)18(4)5)23(14-9-2)15-10-3;1-8(2)9(3)10-7-15-12-6-4-5-11(14)13(10)12/h11-12,19,21-22H,4,7-10,13-17H2,1-3,5-6H3;4-7,15H,1,3H2,2H3/b12-11-;. The second-order valence-corrected chi connectivity index (χ2v) is 11.1. The number of H-pyrrole nitrogens is 1. The molecule has 0 aliphatic carbocycles. The zero-order valence-electron chi connectivity index (χ0n) is 25.5. The molecule has 1 aliphatic heterocycles. The van der Waals surface area contributed by atoms with Crippen LogP contribution in [0.5, 0.6) is 0 Å². The second kappa shape index (κ2) is 15.8. The van der Waals surface area contributed by atoms with E-state index in [0.717, 1.165) is 59.8 Å². The normalized spacial score (nSPS) is 18.7. The zero-order valence-corrected chi connectivity index (χ0v) is 25.5. The highest BCUT2D eigenvalue weighted by Gasteiger charge is 2.33. The van der Waals surface area contributed by atoms with E-state index in [0.29, 0.717) is 17.5 Å². The molecular formula is C35H52FN3. The number of rotatable bonds is 12. The van der Waals surface area contributed by atoms with Crippen molar-refractivity contribution in [1.82, 2.24) is 14.8 Å². The van der Waals surface area contributed by atoms with Gasteiger partial charge in [0.25, 0.3) is 0 Å². The summed E-state index contributed by atoms with van der Waals surface area (Å²) in [6, 6.07) is 4.97. The van der Waals surface area contributed by atoms with Gasteiger partial charge < -0.3 is 4.98 Å². The number of hydrogen-bond donors (Lipinski definition) is 1. The monoisotopic (exact) mass is 533 g/mol. The van der Waals surface area contributed by atoms with Crippen molar-refractivity contribution in [2.75, 3.05) is 26.2 Å². The average molecular weight is 534 g/mol. The number of nitrogens with zero attached hydrogens (tertiary/aromatic N) is 2. The number of likely N-dealkylation sites (tertiary alicyclic amines) is 1. The van der Waals surface area contributed by atoms with Crippen LogP contribution in [0.3, 0.4) is 0 Å². The number of hydrogen-bond acceptors (Lipinski definition) is 2. The first-order valence-corrected chi connectivity index (χ1v) is 14.7. The van der Waals surface area contributed by atoms with Gasteiger partial charge in [0.15, 0.2) is 0 Å². The summed E-state index contributed by atoms with van der Waals surface area (Å²) < 4.78 is 13.6. The number of piperidine rings is 1. The summed E-state index contributed by atoms with van der Waals surface area (Å²) in [5, 5.41) is 0.588. The van der Waals surface area contributed by atoms with Crippen LogP contribution in [0.4, 0.5) is 4.39 Å². The summed E-state index contributed by atoms with van der Waals surface area (Å²) in [6.07, 6.45) is 11.6. The van der Waals surface area contributed by atoms with Crippen LogP contribution >= 0.6 is 0 Å². The van der Waals surface area contributed by atoms with Crippen LogP contribution < -0.4 is 0 Å². The van der Waals surface area contributed by atoms with Gasteiger partial charge in [0, 0.05) is 35.8 Å². The molecule has 1 fully saturated rings. The van der Waals surface area contributed by atoms with Crippen LogP contribution in [-0.2, 0) is 0 Å². The van der Waals surface area contributed by atoms with E-state index in [1.807, 2.05) is 13.0 Å². The van der Waals surface area contributed by atoms with Crippen LogP contribution in [0.2, 0.25) is 0 Å². The quantitative estimate of drug-likeness (QED) is 0.217. The topological polar surface area (TPSA) is 22.3 Å². The molecule has 0 bridgehead atoms. The van der Waals surface area contributed by atoms with Gasteiger partial charge in [0.05, 0.1) is 6.17 Å². The molecule has 1 aliphatic rings. The molecule has 3 unspecified atom stereocenters. The Bertz CT molecular complexity index is 1150. The Kier molecular flexibility index (Phi) is 13.2. The molecule has 4 heteroatoms. The predicted molar refractivity (Wildman–Crippen MR) is 170 cm³/mol. The van der Waals surface area contributed by atoms with Crippen molar-refractivity contribution in [2.24, 2.45) is 11.8 Å². The number of allylic oxidation sites excluding steroid dienone is 3. The fourth-order valence-corrected chi connectivity index (χ4v) is 5.34. The maximum absolute atomic E-state index is 13.6. The largest absolute Gasteiger partial charge is 0.360 e. The molecule has 2 aromatic rings. The van der Waals surface area contributed by atoms with Gasteiger partial charge in [-0.3, -0.25) is 9.80 Å². The van der Waals surface area contributed by atoms with E-state index >= 15 is 0 Å². The first-order chi connectivity index (χ1) is 18.6. The minimum atomic E-state index is -0.230. The van der Waals surface area contributed by atoms with Gasteiger partial charge in [0.1, 0.15) is 5.82 Å². The van der Waals surface area contributed by atoms with E-state index in [-0.39, 0.29) is 5.82 Å². The molecule has 1 N–H and O–H groups in total. The fraction of sp³-hybridized carbons (Fsp3) is 0.486. The highest BCUT2D eigenvalue weighted by Crippen LogP contribution is 2.31. The number of benzene rings is 1. The van der Waals surface area contributed by atoms with E-state index in [4.69, 9.17) is 0 Å². The predicted octanol–water partition coefficient (Wildman–Crippen LogP) is 9.39. The summed E-state index contributed by atoms with van der Waals surface area (Å²) in [6.45, 7) is 34.0. The van der Waals surface area contributed by atoms with Gasteiger partial charge in [-0.05, 0) is 87.7 Å². The minimum absolute atomic E-state index is 0.230. The molecule has 0 radical (unpaired) electrons. The number of aromatic amines is 1. The van der Waals surface area contributed by atoms with Crippen LogP contribution in [0.25, 0.3) is 16.5 Å². The molecule has 3 rings (SSSR count). The van der Waals surface area contributed by atoms with E-state index in [1.165, 1.54) is 37.4 Å². The lowest BCUT2D eigenvalue weighted by Gasteiger charge is -2.46. The Morgan fingerprint density at radius 1 is 1.10 bits per heavy atom. The maximum Gasteiger partial charge on any atom is 0.133 e. The van der Waals surface area contributed by atoms with Gasteiger partial charge in [-0.15, -0.1) is 0 Å². The molecule has 39 heavy (non-hydrogen) atoms. The molecule has 0 amide bonds. The van der Waals surface area contributed by atoms with Crippen molar-refractivity contribution in [3.8, 4) is 0 Å². The highest BCUT2D eigenvalue weighted by atomic mass is 19.1. The van der Waals surface area contributed by atoms with Crippen molar-refractivity contribution < 1.29 is 4.39 Å². The van der Waals surface area contributed by atoms with Crippen molar-refractivity contribution in [1.29, 1.82) is 0 Å². The Labute approximate surface area is 237 Å². The molecule has 214 valence electrons. The average Bonchev–Trinajstić information content (AvgIpc) is 3.34. The van der Waals surface area contributed by atoms with Gasteiger partial charge in [-0.2, -0.15) is 0 Å². The van der Waals surface area contributed by atoms with E-state index in [9.17, 15) is 4.39 Å². The Morgan fingerprint density at radius 3 is 2.33 bits per heavy atom. The van der Waals surface area contributed by atoms with Gasteiger partial charge in [-0.1, -0.05) is 83.4 Å².